The molecule has 3 nitrogen and oxygen atoms in total. The fraction of sp³-hybridized carbons (Fsp3) is 0.318. The molecular formula is C22H25ClN2O. The van der Waals surface area contributed by atoms with E-state index in [1.165, 1.54) is 0 Å². The van der Waals surface area contributed by atoms with Gasteiger partial charge in [0.25, 0.3) is 0 Å². The van der Waals surface area contributed by atoms with E-state index < -0.39 is 0 Å². The summed E-state index contributed by atoms with van der Waals surface area (Å²) in [6.45, 7) is 6.43. The number of pyridine rings is 1. The summed E-state index contributed by atoms with van der Waals surface area (Å²) in [6, 6.07) is 15.9. The zero-order chi connectivity index (χ0) is 18.5. The van der Waals surface area contributed by atoms with Gasteiger partial charge in [0.1, 0.15) is 11.6 Å². The van der Waals surface area contributed by atoms with Crippen molar-refractivity contribution < 1.29 is 4.74 Å². The monoisotopic (exact) mass is 368 g/mol. The second-order valence-corrected chi connectivity index (χ2v) is 6.95. The molecule has 3 rings (SSSR count). The van der Waals surface area contributed by atoms with Crippen LogP contribution in [0.15, 0.2) is 48.5 Å². The van der Waals surface area contributed by atoms with E-state index in [4.69, 9.17) is 16.3 Å². The first-order valence-corrected chi connectivity index (χ1v) is 9.58. The largest absolute Gasteiger partial charge is 0.490 e. The van der Waals surface area contributed by atoms with Crippen LogP contribution in [-0.2, 0) is 0 Å². The van der Waals surface area contributed by atoms with Gasteiger partial charge in [0.15, 0.2) is 0 Å². The van der Waals surface area contributed by atoms with Crippen molar-refractivity contribution in [3.05, 3.63) is 59.1 Å². The van der Waals surface area contributed by atoms with Gasteiger partial charge in [0, 0.05) is 11.1 Å². The van der Waals surface area contributed by atoms with Gasteiger partial charge in [-0.3, -0.25) is 0 Å². The molecule has 0 fully saturated rings. The molecule has 0 bridgehead atoms. The highest BCUT2D eigenvalue weighted by molar-refractivity contribution is 6.35. The lowest BCUT2D eigenvalue weighted by molar-refractivity contribution is 0.185. The molecule has 0 aliphatic carbocycles. The highest BCUT2D eigenvalue weighted by Gasteiger charge is 2.09. The van der Waals surface area contributed by atoms with Crippen molar-refractivity contribution in [2.75, 3.05) is 5.32 Å². The molecule has 0 saturated heterocycles. The maximum Gasteiger partial charge on any atom is 0.131 e. The molecule has 1 unspecified atom stereocenters. The predicted octanol–water partition coefficient (Wildman–Crippen LogP) is 6.90. The van der Waals surface area contributed by atoms with E-state index in [9.17, 15) is 0 Å². The number of benzene rings is 2. The molecule has 0 aliphatic rings. The van der Waals surface area contributed by atoms with Crippen LogP contribution in [0.2, 0.25) is 5.02 Å². The van der Waals surface area contributed by atoms with Gasteiger partial charge in [-0.25, -0.2) is 4.98 Å². The van der Waals surface area contributed by atoms with Crippen molar-refractivity contribution >= 4 is 34.0 Å². The van der Waals surface area contributed by atoms with E-state index in [0.717, 1.165) is 53.0 Å². The number of nitrogens with zero attached hydrogens (tertiary/aromatic N) is 1. The van der Waals surface area contributed by atoms with Gasteiger partial charge in [-0.1, -0.05) is 44.0 Å². The smallest absolute Gasteiger partial charge is 0.131 e. The van der Waals surface area contributed by atoms with E-state index in [2.05, 4.69) is 37.1 Å². The lowest BCUT2D eigenvalue weighted by atomic mass is 10.1. The van der Waals surface area contributed by atoms with Gasteiger partial charge in [-0.2, -0.15) is 0 Å². The number of para-hydroxylation sites is 1. The molecule has 1 atom stereocenters. The van der Waals surface area contributed by atoms with Crippen LogP contribution < -0.4 is 10.1 Å². The highest BCUT2D eigenvalue weighted by atomic mass is 35.5. The number of fused-ring (bicyclic) bond motifs is 1. The average Bonchev–Trinajstić information content (AvgIpc) is 2.64. The van der Waals surface area contributed by atoms with Crippen LogP contribution >= 0.6 is 11.6 Å². The van der Waals surface area contributed by atoms with E-state index in [1.807, 2.05) is 42.5 Å². The van der Waals surface area contributed by atoms with Crippen molar-refractivity contribution in [1.82, 2.24) is 4.98 Å². The van der Waals surface area contributed by atoms with Crippen LogP contribution in [0, 0.1) is 6.92 Å². The third-order valence-electron chi connectivity index (χ3n) is 4.50. The fourth-order valence-electron chi connectivity index (χ4n) is 3.03. The third kappa shape index (κ3) is 4.28. The summed E-state index contributed by atoms with van der Waals surface area (Å²) in [7, 11) is 0. The summed E-state index contributed by atoms with van der Waals surface area (Å²) in [5.74, 6) is 1.70. The number of hydrogen-bond donors (Lipinski definition) is 1. The fourth-order valence-corrected chi connectivity index (χ4v) is 3.25. The summed E-state index contributed by atoms with van der Waals surface area (Å²) in [4.78, 5) is 4.65. The maximum absolute atomic E-state index is 6.27. The van der Waals surface area contributed by atoms with Crippen molar-refractivity contribution in [3.63, 3.8) is 0 Å². The average molecular weight is 369 g/mol. The minimum Gasteiger partial charge on any atom is -0.490 e. The Labute approximate surface area is 160 Å². The number of nitrogens with one attached hydrogen (secondary N) is 1. The summed E-state index contributed by atoms with van der Waals surface area (Å²) in [6.07, 6.45) is 3.52. The van der Waals surface area contributed by atoms with Gasteiger partial charge in [-0.15, -0.1) is 0 Å². The minimum absolute atomic E-state index is 0.280. The lowest BCUT2D eigenvalue weighted by Gasteiger charge is -2.18. The molecule has 1 N–H and O–H groups in total. The van der Waals surface area contributed by atoms with Crippen LogP contribution in [-0.4, -0.2) is 11.1 Å². The van der Waals surface area contributed by atoms with Crippen LogP contribution in [0.3, 0.4) is 0 Å². The van der Waals surface area contributed by atoms with E-state index in [1.54, 1.807) is 0 Å². The Morgan fingerprint density at radius 2 is 1.96 bits per heavy atom. The number of aromatic nitrogens is 1. The number of anilines is 2. The molecule has 1 aromatic heterocycles. The topological polar surface area (TPSA) is 34.1 Å². The quantitative estimate of drug-likeness (QED) is 0.492. The van der Waals surface area contributed by atoms with Crippen LogP contribution in [0.25, 0.3) is 10.9 Å². The Hall–Kier alpha value is -2.26. The predicted molar refractivity (Wildman–Crippen MR) is 111 cm³/mol. The molecule has 0 saturated carbocycles. The Kier molecular flexibility index (Phi) is 6.00. The van der Waals surface area contributed by atoms with Gasteiger partial charge in [-0.05, 0) is 61.7 Å². The molecule has 136 valence electrons. The Bertz CT molecular complexity index is 894. The summed E-state index contributed by atoms with van der Waals surface area (Å²) in [5.41, 5.74) is 2.94. The molecular weight excluding hydrogens is 344 g/mol. The SMILES string of the molecule is CCCC(CC)Oc1ccc(Nc2ccc3cccc(Cl)c3n2)c(C)c1. The molecule has 0 aliphatic heterocycles. The molecule has 4 heteroatoms. The van der Waals surface area contributed by atoms with E-state index in [-0.39, 0.29) is 6.10 Å². The number of ether oxygens (including phenoxy) is 1. The molecule has 26 heavy (non-hydrogen) atoms. The van der Waals surface area contributed by atoms with Gasteiger partial charge in [0.2, 0.25) is 0 Å². The zero-order valence-corrected chi connectivity index (χ0v) is 16.3. The minimum atomic E-state index is 0.280. The van der Waals surface area contributed by atoms with Crippen molar-refractivity contribution in [2.24, 2.45) is 0 Å². The van der Waals surface area contributed by atoms with Crippen molar-refractivity contribution in [3.8, 4) is 5.75 Å². The lowest BCUT2D eigenvalue weighted by Crippen LogP contribution is -2.14. The van der Waals surface area contributed by atoms with E-state index in [0.29, 0.717) is 5.02 Å². The Morgan fingerprint density at radius 3 is 2.69 bits per heavy atom. The number of rotatable bonds is 7. The molecule has 3 aromatic rings. The zero-order valence-electron chi connectivity index (χ0n) is 15.6. The number of aryl methyl sites for hydroxylation is 1. The van der Waals surface area contributed by atoms with E-state index >= 15 is 0 Å². The first kappa shape index (κ1) is 18.5. The molecule has 1 heterocycles. The van der Waals surface area contributed by atoms with Crippen LogP contribution in [0.4, 0.5) is 11.5 Å². The molecule has 0 radical (unpaired) electrons. The summed E-state index contributed by atoms with van der Waals surface area (Å²) < 4.78 is 6.10. The number of hydrogen-bond acceptors (Lipinski definition) is 3. The molecule has 0 amide bonds. The van der Waals surface area contributed by atoms with Gasteiger partial charge in [0.05, 0.1) is 16.6 Å². The second kappa shape index (κ2) is 8.41. The van der Waals surface area contributed by atoms with Crippen molar-refractivity contribution in [2.45, 2.75) is 46.1 Å². The second-order valence-electron chi connectivity index (χ2n) is 6.55. The number of halogens is 1. The summed E-state index contributed by atoms with van der Waals surface area (Å²) in [5, 5.41) is 5.08. The van der Waals surface area contributed by atoms with Crippen LogP contribution in [0.5, 0.6) is 5.75 Å². The first-order valence-electron chi connectivity index (χ1n) is 9.20. The normalized spacial score (nSPS) is 12.2. The Morgan fingerprint density at radius 1 is 1.12 bits per heavy atom. The standard InChI is InChI=1S/C22H25ClN2O/c1-4-7-17(5-2)26-18-11-12-20(15(3)14-18)24-21-13-10-16-8-6-9-19(23)22(16)25-21/h6,8-14,17H,4-5,7H2,1-3H3,(H,24,25). The van der Waals surface area contributed by atoms with Gasteiger partial charge >= 0.3 is 0 Å². The highest BCUT2D eigenvalue weighted by Crippen LogP contribution is 2.28. The molecule has 2 aromatic carbocycles. The van der Waals surface area contributed by atoms with Gasteiger partial charge < -0.3 is 10.1 Å². The maximum atomic E-state index is 6.27. The van der Waals surface area contributed by atoms with Crippen molar-refractivity contribution in [1.29, 1.82) is 0 Å². The Balaban J connectivity index is 1.79. The third-order valence-corrected chi connectivity index (χ3v) is 4.81. The summed E-state index contributed by atoms with van der Waals surface area (Å²) >= 11 is 6.27. The van der Waals surface area contributed by atoms with Crippen LogP contribution in [0.1, 0.15) is 38.7 Å². The molecule has 0 spiro atoms. The first-order chi connectivity index (χ1) is 12.6.